The van der Waals surface area contributed by atoms with E-state index in [4.69, 9.17) is 0 Å². The van der Waals surface area contributed by atoms with Gasteiger partial charge in [0.1, 0.15) is 5.82 Å². The maximum absolute atomic E-state index is 13.3. The van der Waals surface area contributed by atoms with Crippen molar-refractivity contribution in [3.8, 4) is 0 Å². The van der Waals surface area contributed by atoms with Crippen molar-refractivity contribution < 1.29 is 9.18 Å². The van der Waals surface area contributed by atoms with E-state index in [9.17, 15) is 9.18 Å². The van der Waals surface area contributed by atoms with E-state index in [0.717, 1.165) is 21.2 Å². The van der Waals surface area contributed by atoms with Crippen LogP contribution in [0.15, 0.2) is 65.6 Å². The molecule has 23 heavy (non-hydrogen) atoms. The van der Waals surface area contributed by atoms with Gasteiger partial charge in [0.05, 0.1) is 5.75 Å². The normalized spacial score (nSPS) is 10.7. The summed E-state index contributed by atoms with van der Waals surface area (Å²) in [6, 6.07) is 18.5. The Morgan fingerprint density at radius 1 is 1.09 bits per heavy atom. The maximum Gasteiger partial charge on any atom is 0.234 e. The second-order valence-corrected chi connectivity index (χ2v) is 6.29. The van der Waals surface area contributed by atoms with Crippen LogP contribution >= 0.6 is 11.8 Å². The Labute approximate surface area is 138 Å². The number of amides is 1. The van der Waals surface area contributed by atoms with Crippen molar-refractivity contribution in [2.75, 3.05) is 11.1 Å². The second kappa shape index (κ2) is 6.84. The van der Waals surface area contributed by atoms with E-state index < -0.39 is 0 Å². The van der Waals surface area contributed by atoms with Crippen molar-refractivity contribution in [2.24, 2.45) is 0 Å². The van der Waals surface area contributed by atoms with E-state index in [-0.39, 0.29) is 17.5 Å². The summed E-state index contributed by atoms with van der Waals surface area (Å²) in [7, 11) is 0. The van der Waals surface area contributed by atoms with Gasteiger partial charge in [-0.25, -0.2) is 4.39 Å². The molecule has 0 aromatic heterocycles. The summed E-state index contributed by atoms with van der Waals surface area (Å²) in [5.74, 6) is -0.214. The van der Waals surface area contributed by atoms with E-state index in [0.29, 0.717) is 5.69 Å². The Kier molecular flexibility index (Phi) is 4.63. The average Bonchev–Trinajstić information content (AvgIpc) is 2.56. The molecule has 2 nitrogen and oxygen atoms in total. The molecular formula is C19H16FNOS. The largest absolute Gasteiger partial charge is 0.325 e. The lowest BCUT2D eigenvalue weighted by Gasteiger charge is -2.09. The second-order valence-electron chi connectivity index (χ2n) is 5.27. The smallest absolute Gasteiger partial charge is 0.234 e. The van der Waals surface area contributed by atoms with Gasteiger partial charge in [-0.05, 0) is 41.5 Å². The minimum absolute atomic E-state index is 0.142. The van der Waals surface area contributed by atoms with Crippen LogP contribution in [0, 0.1) is 12.7 Å². The van der Waals surface area contributed by atoms with Crippen molar-refractivity contribution in [1.82, 2.24) is 0 Å². The number of rotatable bonds is 4. The third-order valence-corrected chi connectivity index (χ3v) is 4.66. The molecule has 0 radical (unpaired) electrons. The first kappa shape index (κ1) is 15.6. The number of halogens is 1. The van der Waals surface area contributed by atoms with Crippen LogP contribution in [0.25, 0.3) is 10.8 Å². The molecule has 0 saturated heterocycles. The van der Waals surface area contributed by atoms with Gasteiger partial charge in [0.15, 0.2) is 0 Å². The van der Waals surface area contributed by atoms with Crippen LogP contribution in [0.1, 0.15) is 5.56 Å². The molecule has 3 aromatic rings. The maximum atomic E-state index is 13.3. The van der Waals surface area contributed by atoms with Crippen molar-refractivity contribution in [3.63, 3.8) is 0 Å². The standard InChI is InChI=1S/C19H16FNOS/c1-13-9-10-15(20)11-17(13)21-19(22)12-23-18-8-4-6-14-5-2-3-7-16(14)18/h2-11H,12H2,1H3,(H,21,22). The molecule has 0 heterocycles. The Morgan fingerprint density at radius 2 is 1.87 bits per heavy atom. The molecule has 1 amide bonds. The summed E-state index contributed by atoms with van der Waals surface area (Å²) < 4.78 is 13.3. The van der Waals surface area contributed by atoms with Gasteiger partial charge in [0, 0.05) is 10.6 Å². The molecule has 0 fully saturated rings. The molecule has 1 N–H and O–H groups in total. The van der Waals surface area contributed by atoms with Gasteiger partial charge in [-0.1, -0.05) is 42.5 Å². The Hall–Kier alpha value is -2.33. The zero-order chi connectivity index (χ0) is 16.2. The molecule has 4 heteroatoms. The number of hydrogen-bond acceptors (Lipinski definition) is 2. The number of thioether (sulfide) groups is 1. The Morgan fingerprint density at radius 3 is 2.74 bits per heavy atom. The van der Waals surface area contributed by atoms with Crippen LogP contribution in [0.4, 0.5) is 10.1 Å². The fourth-order valence-electron chi connectivity index (χ4n) is 2.38. The van der Waals surface area contributed by atoms with E-state index in [1.54, 1.807) is 6.07 Å². The molecule has 0 saturated carbocycles. The first-order valence-electron chi connectivity index (χ1n) is 7.30. The summed E-state index contributed by atoms with van der Waals surface area (Å²) in [6.45, 7) is 1.84. The van der Waals surface area contributed by atoms with E-state index in [2.05, 4.69) is 17.4 Å². The first-order chi connectivity index (χ1) is 11.1. The van der Waals surface area contributed by atoms with Gasteiger partial charge in [-0.2, -0.15) is 0 Å². The molecule has 0 atom stereocenters. The predicted octanol–water partition coefficient (Wildman–Crippen LogP) is 5.02. The van der Waals surface area contributed by atoms with Gasteiger partial charge in [-0.3, -0.25) is 4.79 Å². The highest BCUT2D eigenvalue weighted by Crippen LogP contribution is 2.28. The molecule has 0 unspecified atom stereocenters. The van der Waals surface area contributed by atoms with Crippen LogP contribution in [0.3, 0.4) is 0 Å². The van der Waals surface area contributed by atoms with Crippen LogP contribution in [-0.2, 0) is 4.79 Å². The lowest BCUT2D eigenvalue weighted by molar-refractivity contribution is -0.113. The summed E-state index contributed by atoms with van der Waals surface area (Å²) in [5.41, 5.74) is 1.36. The highest BCUT2D eigenvalue weighted by atomic mass is 32.2. The van der Waals surface area contributed by atoms with Gasteiger partial charge >= 0.3 is 0 Å². The Balaban J connectivity index is 1.70. The zero-order valence-corrected chi connectivity index (χ0v) is 13.5. The van der Waals surface area contributed by atoms with Gasteiger partial charge < -0.3 is 5.32 Å². The molecule has 0 aliphatic rings. The number of anilines is 1. The van der Waals surface area contributed by atoms with E-state index >= 15 is 0 Å². The number of carbonyl (C=O) groups excluding carboxylic acids is 1. The number of hydrogen-bond donors (Lipinski definition) is 1. The molecule has 0 spiro atoms. The van der Waals surface area contributed by atoms with E-state index in [1.165, 1.54) is 23.9 Å². The summed E-state index contributed by atoms with van der Waals surface area (Å²) in [5, 5.41) is 5.06. The number of carbonyl (C=O) groups is 1. The van der Waals surface area contributed by atoms with Crippen molar-refractivity contribution in [1.29, 1.82) is 0 Å². The number of aryl methyl sites for hydroxylation is 1. The van der Waals surface area contributed by atoms with Crippen molar-refractivity contribution >= 4 is 34.1 Å². The van der Waals surface area contributed by atoms with Crippen molar-refractivity contribution in [3.05, 3.63) is 72.0 Å². The van der Waals surface area contributed by atoms with Gasteiger partial charge in [-0.15, -0.1) is 11.8 Å². The van der Waals surface area contributed by atoms with Crippen LogP contribution in [0.2, 0.25) is 0 Å². The predicted molar refractivity (Wildman–Crippen MR) is 94.4 cm³/mol. The summed E-state index contributed by atoms with van der Waals surface area (Å²) in [6.07, 6.45) is 0. The molecule has 0 bridgehead atoms. The third-order valence-electron chi connectivity index (χ3n) is 3.58. The van der Waals surface area contributed by atoms with Crippen LogP contribution in [0.5, 0.6) is 0 Å². The molecule has 0 aliphatic heterocycles. The summed E-state index contributed by atoms with van der Waals surface area (Å²) in [4.78, 5) is 13.2. The average molecular weight is 325 g/mol. The Bertz CT molecular complexity index is 858. The molecular weight excluding hydrogens is 309 g/mol. The van der Waals surface area contributed by atoms with Crippen LogP contribution < -0.4 is 5.32 Å². The van der Waals surface area contributed by atoms with Crippen LogP contribution in [-0.4, -0.2) is 11.7 Å². The molecule has 116 valence electrons. The lowest BCUT2D eigenvalue weighted by Crippen LogP contribution is -2.15. The fraction of sp³-hybridized carbons (Fsp3) is 0.105. The van der Waals surface area contributed by atoms with E-state index in [1.807, 2.05) is 37.3 Å². The van der Waals surface area contributed by atoms with Crippen molar-refractivity contribution in [2.45, 2.75) is 11.8 Å². The number of fused-ring (bicyclic) bond motifs is 1. The third kappa shape index (κ3) is 3.71. The van der Waals surface area contributed by atoms with Gasteiger partial charge in [0.2, 0.25) is 5.91 Å². The SMILES string of the molecule is Cc1ccc(F)cc1NC(=O)CSc1cccc2ccccc12. The lowest BCUT2D eigenvalue weighted by atomic mass is 10.1. The minimum atomic E-state index is -0.354. The number of benzene rings is 3. The highest BCUT2D eigenvalue weighted by Gasteiger charge is 2.08. The molecule has 0 aliphatic carbocycles. The number of nitrogens with one attached hydrogen (secondary N) is 1. The quantitative estimate of drug-likeness (QED) is 0.683. The molecule has 3 aromatic carbocycles. The fourth-order valence-corrected chi connectivity index (χ4v) is 3.25. The monoisotopic (exact) mass is 325 g/mol. The molecule has 3 rings (SSSR count). The minimum Gasteiger partial charge on any atom is -0.325 e. The summed E-state index contributed by atoms with van der Waals surface area (Å²) >= 11 is 1.48. The zero-order valence-electron chi connectivity index (χ0n) is 12.7. The first-order valence-corrected chi connectivity index (χ1v) is 8.28. The topological polar surface area (TPSA) is 29.1 Å². The highest BCUT2D eigenvalue weighted by molar-refractivity contribution is 8.00. The van der Waals surface area contributed by atoms with Gasteiger partial charge in [0.25, 0.3) is 0 Å².